The van der Waals surface area contributed by atoms with E-state index in [2.05, 4.69) is 0 Å². The summed E-state index contributed by atoms with van der Waals surface area (Å²) in [5, 5.41) is 0. The molecule has 0 aromatic rings. The van der Waals surface area contributed by atoms with Gasteiger partial charge in [-0.1, -0.05) is 6.92 Å². The second kappa shape index (κ2) is 6.09. The number of carbonyl (C=O) groups is 1. The first kappa shape index (κ1) is 16.2. The van der Waals surface area contributed by atoms with Crippen LogP contribution in [0.15, 0.2) is 0 Å². The highest BCUT2D eigenvalue weighted by molar-refractivity contribution is 5.77. The topological polar surface area (TPSA) is 26.3 Å². The fourth-order valence-corrected chi connectivity index (χ4v) is 5.34. The molecule has 22 heavy (non-hydrogen) atoms. The van der Waals surface area contributed by atoms with E-state index in [1.165, 1.54) is 26.2 Å². The lowest BCUT2D eigenvalue weighted by atomic mass is 9.49. The maximum atomic E-state index is 13.1. The van der Waals surface area contributed by atoms with Crippen LogP contribution in [0.5, 0.6) is 0 Å². The maximum Gasteiger partial charge on any atom is 0.312 e. The van der Waals surface area contributed by atoms with Gasteiger partial charge in [-0.25, -0.2) is 8.78 Å². The van der Waals surface area contributed by atoms with Gasteiger partial charge in [0.1, 0.15) is 0 Å². The van der Waals surface area contributed by atoms with E-state index in [1.54, 1.807) is 0 Å². The van der Waals surface area contributed by atoms with Gasteiger partial charge in [0.05, 0.1) is 12.0 Å². The maximum absolute atomic E-state index is 13.1. The van der Waals surface area contributed by atoms with Crippen LogP contribution in [0, 0.1) is 23.2 Å². The molecule has 0 aromatic carbocycles. The van der Waals surface area contributed by atoms with E-state index in [0.717, 1.165) is 37.0 Å². The standard InChI is InChI=1S/C18H28F2O2/c1-2-18(19,20)5-3-4-6-22-16(21)17-10-13-7-14(11-17)9-15(8-13)12-17/h13-15H,2-12H2,1H3. The number of carbonyl (C=O) groups excluding carboxylic acids is 1. The van der Waals surface area contributed by atoms with Gasteiger partial charge in [-0.2, -0.15) is 0 Å². The van der Waals surface area contributed by atoms with Crippen molar-refractivity contribution in [1.29, 1.82) is 0 Å². The number of hydrogen-bond donors (Lipinski definition) is 0. The molecule has 0 atom stereocenters. The van der Waals surface area contributed by atoms with Crippen LogP contribution in [0.3, 0.4) is 0 Å². The minimum absolute atomic E-state index is 0.0335. The van der Waals surface area contributed by atoms with Crippen molar-refractivity contribution in [3.63, 3.8) is 0 Å². The first-order valence-corrected chi connectivity index (χ1v) is 8.97. The third-order valence-corrected chi connectivity index (χ3v) is 6.16. The summed E-state index contributed by atoms with van der Waals surface area (Å²) in [6.45, 7) is 1.81. The molecular formula is C18H28F2O2. The normalized spacial score (nSPS) is 36.6. The fraction of sp³-hybridized carbons (Fsp3) is 0.944. The molecule has 4 aliphatic carbocycles. The van der Waals surface area contributed by atoms with Gasteiger partial charge in [0, 0.05) is 12.8 Å². The predicted molar refractivity (Wildman–Crippen MR) is 80.7 cm³/mol. The van der Waals surface area contributed by atoms with Crippen molar-refractivity contribution in [2.75, 3.05) is 6.61 Å². The molecule has 4 saturated carbocycles. The summed E-state index contributed by atoms with van der Waals surface area (Å²) < 4.78 is 31.8. The van der Waals surface area contributed by atoms with E-state index in [4.69, 9.17) is 4.74 Å². The van der Waals surface area contributed by atoms with Crippen LogP contribution in [0.25, 0.3) is 0 Å². The van der Waals surface area contributed by atoms with Gasteiger partial charge in [-0.3, -0.25) is 4.79 Å². The molecule has 0 spiro atoms. The SMILES string of the molecule is CCC(F)(F)CCCCOC(=O)C12CC3CC(CC(C3)C1)C2. The van der Waals surface area contributed by atoms with Crippen LogP contribution in [-0.2, 0) is 9.53 Å². The summed E-state index contributed by atoms with van der Waals surface area (Å²) in [7, 11) is 0. The molecule has 2 nitrogen and oxygen atoms in total. The van der Waals surface area contributed by atoms with Gasteiger partial charge in [0.25, 0.3) is 0 Å². The molecule has 0 unspecified atom stereocenters. The zero-order valence-electron chi connectivity index (χ0n) is 13.6. The largest absolute Gasteiger partial charge is 0.465 e. The van der Waals surface area contributed by atoms with Crippen molar-refractivity contribution in [3.05, 3.63) is 0 Å². The smallest absolute Gasteiger partial charge is 0.312 e. The van der Waals surface area contributed by atoms with E-state index < -0.39 is 5.92 Å². The first-order valence-electron chi connectivity index (χ1n) is 8.97. The lowest BCUT2D eigenvalue weighted by Gasteiger charge is -2.55. The highest BCUT2D eigenvalue weighted by atomic mass is 19.3. The fourth-order valence-electron chi connectivity index (χ4n) is 5.34. The molecule has 0 radical (unpaired) electrons. The van der Waals surface area contributed by atoms with Crippen LogP contribution in [0.1, 0.15) is 71.1 Å². The number of alkyl halides is 2. The number of hydrogen-bond acceptors (Lipinski definition) is 2. The average molecular weight is 314 g/mol. The van der Waals surface area contributed by atoms with Crippen molar-refractivity contribution in [2.45, 2.75) is 77.1 Å². The molecule has 4 aliphatic rings. The predicted octanol–water partition coefficient (Wildman–Crippen LogP) is 4.96. The third kappa shape index (κ3) is 3.30. The Balaban J connectivity index is 1.43. The van der Waals surface area contributed by atoms with Gasteiger partial charge in [0.2, 0.25) is 5.92 Å². The van der Waals surface area contributed by atoms with E-state index in [9.17, 15) is 13.6 Å². The lowest BCUT2D eigenvalue weighted by Crippen LogP contribution is -2.50. The summed E-state index contributed by atoms with van der Waals surface area (Å²) in [6.07, 6.45) is 7.69. The number of halogens is 2. The average Bonchev–Trinajstić information content (AvgIpc) is 2.45. The van der Waals surface area contributed by atoms with Gasteiger partial charge in [-0.05, 0) is 69.1 Å². The lowest BCUT2D eigenvalue weighted by molar-refractivity contribution is -0.171. The van der Waals surface area contributed by atoms with Gasteiger partial charge in [-0.15, -0.1) is 0 Å². The molecule has 4 fully saturated rings. The van der Waals surface area contributed by atoms with Crippen LogP contribution in [-0.4, -0.2) is 18.5 Å². The molecule has 4 heteroatoms. The summed E-state index contributed by atoms with van der Waals surface area (Å²) in [6, 6.07) is 0. The molecule has 0 heterocycles. The summed E-state index contributed by atoms with van der Waals surface area (Å²) in [4.78, 5) is 12.5. The molecular weight excluding hydrogens is 286 g/mol. The zero-order chi connectivity index (χ0) is 15.8. The van der Waals surface area contributed by atoms with Crippen LogP contribution < -0.4 is 0 Å². The van der Waals surface area contributed by atoms with E-state index in [1.807, 2.05) is 0 Å². The first-order chi connectivity index (χ1) is 10.4. The summed E-state index contributed by atoms with van der Waals surface area (Å²) in [5.74, 6) is -0.427. The number of esters is 1. The molecule has 0 N–H and O–H groups in total. The van der Waals surface area contributed by atoms with Crippen molar-refractivity contribution < 1.29 is 18.3 Å². The van der Waals surface area contributed by atoms with Crippen molar-refractivity contribution >= 4 is 5.97 Å². The zero-order valence-corrected chi connectivity index (χ0v) is 13.6. The molecule has 126 valence electrons. The van der Waals surface area contributed by atoms with Crippen LogP contribution in [0.2, 0.25) is 0 Å². The van der Waals surface area contributed by atoms with Crippen LogP contribution >= 0.6 is 0 Å². The minimum atomic E-state index is -2.57. The number of unbranched alkanes of at least 4 members (excludes halogenated alkanes) is 1. The molecule has 4 bridgehead atoms. The Morgan fingerprint density at radius 3 is 2.14 bits per heavy atom. The molecule has 0 aliphatic heterocycles. The Hall–Kier alpha value is -0.670. The van der Waals surface area contributed by atoms with E-state index in [0.29, 0.717) is 19.4 Å². The van der Waals surface area contributed by atoms with E-state index in [-0.39, 0.29) is 24.2 Å². The molecule has 0 aromatic heterocycles. The summed E-state index contributed by atoms with van der Waals surface area (Å²) >= 11 is 0. The Bertz CT molecular complexity index is 384. The highest BCUT2D eigenvalue weighted by Gasteiger charge is 2.55. The van der Waals surface area contributed by atoms with E-state index >= 15 is 0 Å². The highest BCUT2D eigenvalue weighted by Crippen LogP contribution is 2.60. The molecule has 0 amide bonds. The second-order valence-electron chi connectivity index (χ2n) is 8.00. The van der Waals surface area contributed by atoms with Crippen molar-refractivity contribution in [1.82, 2.24) is 0 Å². The molecule has 0 saturated heterocycles. The minimum Gasteiger partial charge on any atom is -0.465 e. The van der Waals surface area contributed by atoms with Crippen molar-refractivity contribution in [3.8, 4) is 0 Å². The number of ether oxygens (including phenoxy) is 1. The Morgan fingerprint density at radius 1 is 1.09 bits per heavy atom. The second-order valence-corrected chi connectivity index (χ2v) is 8.00. The van der Waals surface area contributed by atoms with Crippen LogP contribution in [0.4, 0.5) is 8.78 Å². The number of rotatable bonds is 7. The Kier molecular flexibility index (Phi) is 4.48. The quantitative estimate of drug-likeness (QED) is 0.490. The van der Waals surface area contributed by atoms with Gasteiger partial charge in [0.15, 0.2) is 0 Å². The third-order valence-electron chi connectivity index (χ3n) is 6.16. The molecule has 4 rings (SSSR count). The van der Waals surface area contributed by atoms with Gasteiger partial charge < -0.3 is 4.74 Å². The summed E-state index contributed by atoms with van der Waals surface area (Å²) in [5.41, 5.74) is -0.220. The van der Waals surface area contributed by atoms with Crippen molar-refractivity contribution in [2.24, 2.45) is 23.2 Å². The van der Waals surface area contributed by atoms with Gasteiger partial charge >= 0.3 is 5.97 Å². The Morgan fingerprint density at radius 2 is 1.64 bits per heavy atom. The Labute approximate surface area is 132 Å². The monoisotopic (exact) mass is 314 g/mol.